The number of unbranched alkanes of at least 4 members (excludes halogenated alkanes) is 1. The lowest BCUT2D eigenvalue weighted by Crippen LogP contribution is -2.24. The van der Waals surface area contributed by atoms with Crippen LogP contribution >= 0.6 is 12.4 Å². The molecule has 1 unspecified atom stereocenters. The number of hydrogen-bond acceptors (Lipinski definition) is 3. The second-order valence-corrected chi connectivity index (χ2v) is 2.95. The third-order valence-corrected chi connectivity index (χ3v) is 1.71. The van der Waals surface area contributed by atoms with Gasteiger partial charge in [0.25, 0.3) is 0 Å². The second-order valence-electron chi connectivity index (χ2n) is 2.95. The average molecular weight is 210 g/mol. The van der Waals surface area contributed by atoms with Crippen LogP contribution in [0.15, 0.2) is 0 Å². The summed E-state index contributed by atoms with van der Waals surface area (Å²) in [5.74, 6) is -0.169. The van der Waals surface area contributed by atoms with Crippen molar-refractivity contribution in [3.63, 3.8) is 0 Å². The Bertz CT molecular complexity index is 131. The minimum atomic E-state index is -0.169. The molecule has 1 atom stereocenters. The van der Waals surface area contributed by atoms with Crippen molar-refractivity contribution < 1.29 is 9.53 Å². The largest absolute Gasteiger partial charge is 0.466 e. The number of hydrogen-bond donors (Lipinski definition) is 1. The third kappa shape index (κ3) is 9.64. The van der Waals surface area contributed by atoms with Gasteiger partial charge in [0.1, 0.15) is 0 Å². The van der Waals surface area contributed by atoms with Gasteiger partial charge < -0.3 is 10.5 Å². The van der Waals surface area contributed by atoms with E-state index < -0.39 is 0 Å². The van der Waals surface area contributed by atoms with Gasteiger partial charge in [-0.2, -0.15) is 0 Å². The van der Waals surface area contributed by atoms with Crippen LogP contribution in [-0.4, -0.2) is 18.6 Å². The third-order valence-electron chi connectivity index (χ3n) is 1.71. The average Bonchev–Trinajstić information content (AvgIpc) is 2.05. The van der Waals surface area contributed by atoms with Crippen molar-refractivity contribution in [1.82, 2.24) is 0 Å². The SMILES string of the molecule is CCCCOC(=O)CC(N)CC.Cl. The van der Waals surface area contributed by atoms with Gasteiger partial charge in [-0.25, -0.2) is 0 Å². The molecule has 3 nitrogen and oxygen atoms in total. The number of rotatable bonds is 6. The van der Waals surface area contributed by atoms with E-state index in [4.69, 9.17) is 10.5 Å². The molecule has 2 N–H and O–H groups in total. The van der Waals surface area contributed by atoms with E-state index in [-0.39, 0.29) is 24.4 Å². The number of esters is 1. The molecular formula is C9H20ClNO2. The molecule has 0 rings (SSSR count). The normalized spacial score (nSPS) is 11.6. The van der Waals surface area contributed by atoms with E-state index in [1.807, 2.05) is 6.92 Å². The number of halogens is 1. The van der Waals surface area contributed by atoms with Crippen LogP contribution in [0.5, 0.6) is 0 Å². The summed E-state index contributed by atoms with van der Waals surface area (Å²) in [5, 5.41) is 0. The maximum Gasteiger partial charge on any atom is 0.307 e. The molecule has 0 radical (unpaired) electrons. The number of carbonyl (C=O) groups excluding carboxylic acids is 1. The molecule has 0 heterocycles. The van der Waals surface area contributed by atoms with Gasteiger partial charge in [0.2, 0.25) is 0 Å². The second kappa shape index (κ2) is 9.81. The number of ether oxygens (including phenoxy) is 1. The summed E-state index contributed by atoms with van der Waals surface area (Å²) in [6, 6.07) is -0.0425. The molecule has 4 heteroatoms. The van der Waals surface area contributed by atoms with Crippen molar-refractivity contribution >= 4 is 18.4 Å². The van der Waals surface area contributed by atoms with Crippen LogP contribution < -0.4 is 5.73 Å². The highest BCUT2D eigenvalue weighted by Gasteiger charge is 2.07. The Morgan fingerprint density at radius 3 is 2.54 bits per heavy atom. The molecule has 0 bridgehead atoms. The molecule has 0 aliphatic rings. The maximum absolute atomic E-state index is 11.0. The molecule has 0 spiro atoms. The van der Waals surface area contributed by atoms with E-state index in [1.54, 1.807) is 0 Å². The smallest absolute Gasteiger partial charge is 0.307 e. The summed E-state index contributed by atoms with van der Waals surface area (Å²) in [4.78, 5) is 11.0. The fourth-order valence-corrected chi connectivity index (χ4v) is 0.748. The molecule has 0 aliphatic carbocycles. The Hall–Kier alpha value is -0.280. The molecule has 0 amide bonds. The predicted molar refractivity (Wildman–Crippen MR) is 56.0 cm³/mol. The van der Waals surface area contributed by atoms with Gasteiger partial charge in [-0.3, -0.25) is 4.79 Å². The fourth-order valence-electron chi connectivity index (χ4n) is 0.748. The summed E-state index contributed by atoms with van der Waals surface area (Å²) in [5.41, 5.74) is 5.58. The summed E-state index contributed by atoms with van der Waals surface area (Å²) in [6.07, 6.45) is 3.16. The van der Waals surface area contributed by atoms with Gasteiger partial charge in [0.15, 0.2) is 0 Å². The highest BCUT2D eigenvalue weighted by atomic mass is 35.5. The summed E-state index contributed by atoms with van der Waals surface area (Å²) in [6.45, 7) is 4.56. The Balaban J connectivity index is 0. The molecule has 0 saturated carbocycles. The highest BCUT2D eigenvalue weighted by Crippen LogP contribution is 1.97. The lowest BCUT2D eigenvalue weighted by molar-refractivity contribution is -0.144. The zero-order chi connectivity index (χ0) is 9.40. The summed E-state index contributed by atoms with van der Waals surface area (Å²) >= 11 is 0. The van der Waals surface area contributed by atoms with Crippen molar-refractivity contribution in [2.24, 2.45) is 5.73 Å². The summed E-state index contributed by atoms with van der Waals surface area (Å²) in [7, 11) is 0. The maximum atomic E-state index is 11.0. The van der Waals surface area contributed by atoms with Gasteiger partial charge in [-0.05, 0) is 12.8 Å². The van der Waals surface area contributed by atoms with E-state index in [0.717, 1.165) is 19.3 Å². The first-order valence-electron chi connectivity index (χ1n) is 4.61. The minimum absolute atomic E-state index is 0. The van der Waals surface area contributed by atoms with E-state index in [9.17, 15) is 4.79 Å². The van der Waals surface area contributed by atoms with Gasteiger partial charge >= 0.3 is 5.97 Å². The Morgan fingerprint density at radius 1 is 1.46 bits per heavy atom. The molecule has 13 heavy (non-hydrogen) atoms. The van der Waals surface area contributed by atoms with Crippen LogP contribution in [0.1, 0.15) is 39.5 Å². The minimum Gasteiger partial charge on any atom is -0.466 e. The van der Waals surface area contributed by atoms with Crippen LogP contribution in [0.25, 0.3) is 0 Å². The van der Waals surface area contributed by atoms with E-state index >= 15 is 0 Å². The number of carbonyl (C=O) groups is 1. The molecule has 0 aliphatic heterocycles. The first-order valence-corrected chi connectivity index (χ1v) is 4.61. The van der Waals surface area contributed by atoms with Crippen LogP contribution in [0, 0.1) is 0 Å². The molecule has 80 valence electrons. The Kier molecular flexibility index (Phi) is 11.5. The number of nitrogens with two attached hydrogens (primary N) is 1. The predicted octanol–water partition coefficient (Wildman–Crippen LogP) is 1.88. The van der Waals surface area contributed by atoms with Gasteiger partial charge in [0, 0.05) is 6.04 Å². The first kappa shape index (κ1) is 15.2. The molecule has 0 aromatic rings. The molecule has 0 aromatic carbocycles. The summed E-state index contributed by atoms with van der Waals surface area (Å²) < 4.78 is 4.94. The molecule has 0 fully saturated rings. The van der Waals surface area contributed by atoms with Crippen LogP contribution in [-0.2, 0) is 9.53 Å². The van der Waals surface area contributed by atoms with E-state index in [1.165, 1.54) is 0 Å². The zero-order valence-corrected chi connectivity index (χ0v) is 9.23. The standard InChI is InChI=1S/C9H19NO2.ClH/c1-3-5-6-12-9(11)7-8(10)4-2;/h8H,3-7,10H2,1-2H3;1H. The van der Waals surface area contributed by atoms with Crippen molar-refractivity contribution in [2.75, 3.05) is 6.61 Å². The van der Waals surface area contributed by atoms with Crippen molar-refractivity contribution in [1.29, 1.82) is 0 Å². The van der Waals surface area contributed by atoms with Gasteiger partial charge in [0.05, 0.1) is 13.0 Å². The molecule has 0 aromatic heterocycles. The lowest BCUT2D eigenvalue weighted by Gasteiger charge is -2.07. The monoisotopic (exact) mass is 209 g/mol. The zero-order valence-electron chi connectivity index (χ0n) is 8.41. The van der Waals surface area contributed by atoms with Crippen molar-refractivity contribution in [3.05, 3.63) is 0 Å². The van der Waals surface area contributed by atoms with Gasteiger partial charge in [-0.1, -0.05) is 20.3 Å². The van der Waals surface area contributed by atoms with Crippen LogP contribution in [0.3, 0.4) is 0 Å². The van der Waals surface area contributed by atoms with Gasteiger partial charge in [-0.15, -0.1) is 12.4 Å². The van der Waals surface area contributed by atoms with Crippen molar-refractivity contribution in [3.8, 4) is 0 Å². The fraction of sp³-hybridized carbons (Fsp3) is 0.889. The van der Waals surface area contributed by atoms with E-state index in [2.05, 4.69) is 6.92 Å². The quantitative estimate of drug-likeness (QED) is 0.537. The lowest BCUT2D eigenvalue weighted by atomic mass is 10.2. The molecule has 0 saturated heterocycles. The molecular weight excluding hydrogens is 190 g/mol. The highest BCUT2D eigenvalue weighted by molar-refractivity contribution is 5.85. The topological polar surface area (TPSA) is 52.3 Å². The van der Waals surface area contributed by atoms with Crippen LogP contribution in [0.2, 0.25) is 0 Å². The Labute approximate surface area is 86.4 Å². The van der Waals surface area contributed by atoms with Crippen LogP contribution in [0.4, 0.5) is 0 Å². The Morgan fingerprint density at radius 2 is 2.08 bits per heavy atom. The van der Waals surface area contributed by atoms with E-state index in [0.29, 0.717) is 13.0 Å². The van der Waals surface area contributed by atoms with Crippen molar-refractivity contribution in [2.45, 2.75) is 45.6 Å². The first-order chi connectivity index (χ1) is 5.70.